The first kappa shape index (κ1) is 24.4. The molecule has 10 heteroatoms. The average Bonchev–Trinajstić information content (AvgIpc) is 2.72. The van der Waals surface area contributed by atoms with Crippen molar-refractivity contribution in [1.29, 1.82) is 0 Å². The lowest BCUT2D eigenvalue weighted by molar-refractivity contribution is -0.0287. The van der Waals surface area contributed by atoms with E-state index in [-0.39, 0.29) is 36.3 Å². The number of aromatic nitrogens is 1. The Morgan fingerprint density at radius 1 is 1.24 bits per heavy atom. The first-order valence-electron chi connectivity index (χ1n) is 10.5. The van der Waals surface area contributed by atoms with Gasteiger partial charge < -0.3 is 29.9 Å². The highest BCUT2D eigenvalue weighted by atomic mass is 19.1. The number of rotatable bonds is 7. The van der Waals surface area contributed by atoms with E-state index in [1.807, 2.05) is 32.8 Å². The zero-order valence-electron chi connectivity index (χ0n) is 19.1. The largest absolute Gasteiger partial charge is 0.503 e. The van der Waals surface area contributed by atoms with Crippen molar-refractivity contribution in [3.05, 3.63) is 63.3 Å². The highest BCUT2D eigenvalue weighted by Crippen LogP contribution is 2.27. The van der Waals surface area contributed by atoms with E-state index >= 15 is 0 Å². The molecule has 1 aromatic carbocycles. The zero-order chi connectivity index (χ0) is 24.5. The Hall–Kier alpha value is -3.24. The van der Waals surface area contributed by atoms with Gasteiger partial charge in [-0.1, -0.05) is 26.0 Å². The summed E-state index contributed by atoms with van der Waals surface area (Å²) in [6.07, 6.45) is -0.0238. The molecule has 2 amide bonds. The molecule has 0 saturated heterocycles. The molecule has 0 saturated carbocycles. The van der Waals surface area contributed by atoms with Gasteiger partial charge in [-0.05, 0) is 37.2 Å². The Bertz CT molecular complexity index is 1110. The van der Waals surface area contributed by atoms with Crippen LogP contribution in [0.2, 0.25) is 0 Å². The van der Waals surface area contributed by atoms with E-state index in [0.717, 1.165) is 0 Å². The van der Waals surface area contributed by atoms with Gasteiger partial charge in [-0.2, -0.15) is 0 Å². The molecular formula is C23H29FN4O5. The van der Waals surface area contributed by atoms with Gasteiger partial charge in [-0.25, -0.2) is 4.39 Å². The second-order valence-electron chi connectivity index (χ2n) is 9.35. The number of aliphatic hydroxyl groups excluding tert-OH is 1. The molecule has 9 nitrogen and oxygen atoms in total. The molecule has 1 aromatic heterocycles. The Kier molecular flexibility index (Phi) is 6.89. The van der Waals surface area contributed by atoms with E-state index in [2.05, 4.69) is 5.32 Å². The number of aromatic hydroxyl groups is 1. The Labute approximate surface area is 191 Å². The average molecular weight is 461 g/mol. The molecule has 1 atom stereocenters. The summed E-state index contributed by atoms with van der Waals surface area (Å²) in [6, 6.07) is 5.49. The number of aliphatic hydroxyl groups is 1. The van der Waals surface area contributed by atoms with Crippen LogP contribution in [0, 0.1) is 11.2 Å². The monoisotopic (exact) mass is 460 g/mol. The van der Waals surface area contributed by atoms with Crippen molar-refractivity contribution in [3.8, 4) is 5.75 Å². The molecule has 2 heterocycles. The van der Waals surface area contributed by atoms with Gasteiger partial charge in [-0.3, -0.25) is 14.4 Å². The number of nitrogens with one attached hydrogen (secondary N) is 1. The minimum absolute atomic E-state index is 0.0390. The van der Waals surface area contributed by atoms with Crippen LogP contribution in [0.4, 0.5) is 4.39 Å². The Balaban J connectivity index is 1.85. The fraction of sp³-hybridized carbons (Fsp3) is 0.435. The van der Waals surface area contributed by atoms with E-state index in [0.29, 0.717) is 12.1 Å². The molecule has 1 aliphatic rings. The van der Waals surface area contributed by atoms with E-state index in [1.165, 1.54) is 39.9 Å². The SMILES string of the molecule is CN(C)CC(C)(C)CN1C(=O)c2c(O)c(=O)c(C(=O)NCc3ccc(F)cc3)cn2CC1O. The maximum atomic E-state index is 13.1. The minimum atomic E-state index is -1.19. The normalized spacial score (nSPS) is 16.2. The first-order valence-corrected chi connectivity index (χ1v) is 10.5. The summed E-state index contributed by atoms with van der Waals surface area (Å²) < 4.78 is 14.3. The third-order valence-corrected chi connectivity index (χ3v) is 5.39. The van der Waals surface area contributed by atoms with Crippen LogP contribution in [0.5, 0.6) is 5.75 Å². The number of carbonyl (C=O) groups excluding carboxylic acids is 2. The number of benzene rings is 1. The fourth-order valence-corrected chi connectivity index (χ4v) is 4.15. The van der Waals surface area contributed by atoms with Crippen LogP contribution in [0.3, 0.4) is 0 Å². The lowest BCUT2D eigenvalue weighted by atomic mass is 9.91. The number of nitrogens with zero attached hydrogens (tertiary/aromatic N) is 3. The van der Waals surface area contributed by atoms with E-state index in [9.17, 15) is 29.0 Å². The maximum Gasteiger partial charge on any atom is 0.276 e. The van der Waals surface area contributed by atoms with Crippen LogP contribution in [0.25, 0.3) is 0 Å². The van der Waals surface area contributed by atoms with Gasteiger partial charge in [0.2, 0.25) is 5.43 Å². The summed E-state index contributed by atoms with van der Waals surface area (Å²) in [7, 11) is 3.80. The Morgan fingerprint density at radius 2 is 1.88 bits per heavy atom. The summed E-state index contributed by atoms with van der Waals surface area (Å²) in [5.74, 6) is -2.69. The molecule has 0 bridgehead atoms. The lowest BCUT2D eigenvalue weighted by Gasteiger charge is -2.40. The molecule has 3 rings (SSSR count). The van der Waals surface area contributed by atoms with E-state index in [4.69, 9.17) is 0 Å². The number of amides is 2. The van der Waals surface area contributed by atoms with E-state index in [1.54, 1.807) is 0 Å². The molecule has 2 aromatic rings. The quantitative estimate of drug-likeness (QED) is 0.568. The molecular weight excluding hydrogens is 431 g/mol. The standard InChI is InChI=1S/C23H29FN4O5/c1-23(2,12-26(3)4)13-28-17(29)11-27-10-16(19(30)20(31)18(27)22(28)33)21(32)25-9-14-5-7-15(24)8-6-14/h5-8,10,17,29,31H,9,11-13H2,1-4H3,(H,25,32). The predicted octanol–water partition coefficient (Wildman–Crippen LogP) is 0.985. The summed E-state index contributed by atoms with van der Waals surface area (Å²) in [5, 5.41) is 23.7. The molecule has 0 fully saturated rings. The fourth-order valence-electron chi connectivity index (χ4n) is 4.15. The predicted molar refractivity (Wildman–Crippen MR) is 119 cm³/mol. The highest BCUT2D eigenvalue weighted by Gasteiger charge is 2.38. The summed E-state index contributed by atoms with van der Waals surface area (Å²) in [5.41, 5.74) is -1.34. The van der Waals surface area contributed by atoms with Gasteiger partial charge in [0.05, 0.1) is 6.54 Å². The van der Waals surface area contributed by atoms with Crippen molar-refractivity contribution in [2.24, 2.45) is 5.41 Å². The van der Waals surface area contributed by atoms with Gasteiger partial charge in [0.15, 0.2) is 11.4 Å². The number of hydrogen-bond donors (Lipinski definition) is 3. The molecule has 33 heavy (non-hydrogen) atoms. The van der Waals surface area contributed by atoms with Crippen LogP contribution in [0.15, 0.2) is 35.3 Å². The minimum Gasteiger partial charge on any atom is -0.503 e. The third kappa shape index (κ3) is 5.40. The van der Waals surface area contributed by atoms with Gasteiger partial charge >= 0.3 is 0 Å². The van der Waals surface area contributed by atoms with Crippen molar-refractivity contribution >= 4 is 11.8 Å². The van der Waals surface area contributed by atoms with Crippen molar-refractivity contribution in [2.45, 2.75) is 33.2 Å². The topological polar surface area (TPSA) is 115 Å². The lowest BCUT2D eigenvalue weighted by Crippen LogP contribution is -2.53. The number of halogens is 1. The maximum absolute atomic E-state index is 13.1. The number of carbonyl (C=O) groups is 2. The third-order valence-electron chi connectivity index (χ3n) is 5.39. The zero-order valence-corrected chi connectivity index (χ0v) is 19.1. The van der Waals surface area contributed by atoms with Gasteiger partial charge in [0.25, 0.3) is 11.8 Å². The molecule has 3 N–H and O–H groups in total. The van der Waals surface area contributed by atoms with Crippen LogP contribution >= 0.6 is 0 Å². The van der Waals surface area contributed by atoms with E-state index < -0.39 is 35.0 Å². The number of pyridine rings is 1. The summed E-state index contributed by atoms with van der Waals surface area (Å²) >= 11 is 0. The molecule has 1 aliphatic heterocycles. The van der Waals surface area contributed by atoms with Crippen LogP contribution in [-0.2, 0) is 13.1 Å². The second-order valence-corrected chi connectivity index (χ2v) is 9.35. The van der Waals surface area contributed by atoms with Crippen LogP contribution in [0.1, 0.15) is 40.3 Å². The van der Waals surface area contributed by atoms with Crippen molar-refractivity contribution in [1.82, 2.24) is 19.7 Å². The van der Waals surface area contributed by atoms with Crippen molar-refractivity contribution in [3.63, 3.8) is 0 Å². The van der Waals surface area contributed by atoms with Crippen LogP contribution < -0.4 is 10.7 Å². The van der Waals surface area contributed by atoms with Gasteiger partial charge in [-0.15, -0.1) is 0 Å². The van der Waals surface area contributed by atoms with Gasteiger partial charge in [0, 0.05) is 25.8 Å². The molecule has 0 aliphatic carbocycles. The smallest absolute Gasteiger partial charge is 0.276 e. The second kappa shape index (κ2) is 9.32. The molecule has 0 radical (unpaired) electrons. The van der Waals surface area contributed by atoms with Gasteiger partial charge in [0.1, 0.15) is 17.6 Å². The molecule has 1 unspecified atom stereocenters. The number of fused-ring (bicyclic) bond motifs is 1. The van der Waals surface area contributed by atoms with Crippen molar-refractivity contribution in [2.75, 3.05) is 27.2 Å². The van der Waals surface area contributed by atoms with Crippen LogP contribution in [-0.4, -0.2) is 69.8 Å². The Morgan fingerprint density at radius 3 is 2.48 bits per heavy atom. The summed E-state index contributed by atoms with van der Waals surface area (Å²) in [4.78, 5) is 41.6. The highest BCUT2D eigenvalue weighted by molar-refractivity contribution is 5.99. The number of hydrogen-bond acceptors (Lipinski definition) is 6. The van der Waals surface area contributed by atoms with Crippen molar-refractivity contribution < 1.29 is 24.2 Å². The molecule has 178 valence electrons. The first-order chi connectivity index (χ1) is 15.4. The molecule has 0 spiro atoms. The summed E-state index contributed by atoms with van der Waals surface area (Å²) in [6.45, 7) is 4.68.